The number of esters is 1. The van der Waals surface area contributed by atoms with Gasteiger partial charge in [-0.1, -0.05) is 12.1 Å². The summed E-state index contributed by atoms with van der Waals surface area (Å²) in [5.74, 6) is -0.140. The van der Waals surface area contributed by atoms with Gasteiger partial charge in [-0.05, 0) is 52.4 Å². The zero-order chi connectivity index (χ0) is 17.6. The largest absolute Gasteiger partial charge is 0.423 e. The Labute approximate surface area is 143 Å². The monoisotopic (exact) mass is 337 g/mol. The lowest BCUT2D eigenvalue weighted by atomic mass is 10.1. The molecule has 0 saturated heterocycles. The molecule has 1 amide bonds. The average molecular weight is 337 g/mol. The Hall–Kier alpha value is -3.55. The van der Waals surface area contributed by atoms with E-state index in [9.17, 15) is 9.59 Å². The molecule has 1 heterocycles. The summed E-state index contributed by atoms with van der Waals surface area (Å²) in [7, 11) is 0. The van der Waals surface area contributed by atoms with Crippen LogP contribution in [0.1, 0.15) is 22.8 Å². The Morgan fingerprint density at radius 3 is 2.40 bits per heavy atom. The third kappa shape index (κ3) is 4.25. The maximum absolute atomic E-state index is 12.2. The number of hydrogen-bond acceptors (Lipinski definition) is 6. The fraction of sp³-hybridized carbons (Fsp3) is 0.118. The molecule has 126 valence electrons. The van der Waals surface area contributed by atoms with Gasteiger partial charge in [-0.3, -0.25) is 4.79 Å². The lowest BCUT2D eigenvalue weighted by Gasteiger charge is -2.07. The van der Waals surface area contributed by atoms with E-state index in [1.54, 1.807) is 48.5 Å². The normalized spacial score (nSPS) is 10.3. The number of ether oxygens (including phenoxy) is 1. The number of carbonyl (C=O) groups excluding carboxylic acids is 2. The lowest BCUT2D eigenvalue weighted by Crippen LogP contribution is -2.18. The number of aromatic nitrogens is 4. The fourth-order valence-corrected chi connectivity index (χ4v) is 2.10. The van der Waals surface area contributed by atoms with Crippen molar-refractivity contribution in [2.24, 2.45) is 0 Å². The van der Waals surface area contributed by atoms with Crippen LogP contribution in [0.3, 0.4) is 0 Å². The highest BCUT2D eigenvalue weighted by Gasteiger charge is 2.09. The number of nitrogens with one attached hydrogen (secondary N) is 1. The number of tetrazole rings is 1. The van der Waals surface area contributed by atoms with E-state index in [-0.39, 0.29) is 5.91 Å². The van der Waals surface area contributed by atoms with Crippen molar-refractivity contribution in [2.45, 2.75) is 13.5 Å². The SMILES string of the molecule is CC(=O)NCc1ccc(C(=O)Oc2ccc(-n3cnnn3)cc2)cc1. The first-order valence-corrected chi connectivity index (χ1v) is 7.51. The van der Waals surface area contributed by atoms with Gasteiger partial charge in [-0.15, -0.1) is 5.10 Å². The van der Waals surface area contributed by atoms with Crippen LogP contribution in [0.15, 0.2) is 54.9 Å². The Kier molecular flexibility index (Phi) is 4.79. The Morgan fingerprint density at radius 1 is 1.08 bits per heavy atom. The summed E-state index contributed by atoms with van der Waals surface area (Å²) in [5.41, 5.74) is 2.08. The molecule has 1 N–H and O–H groups in total. The quantitative estimate of drug-likeness (QED) is 0.560. The molecule has 25 heavy (non-hydrogen) atoms. The minimum atomic E-state index is -0.457. The standard InChI is InChI=1S/C17H15N5O3/c1-12(23)18-10-13-2-4-14(5-3-13)17(24)25-16-8-6-15(7-9-16)22-11-19-20-21-22/h2-9,11H,10H2,1H3,(H,18,23). The maximum Gasteiger partial charge on any atom is 0.343 e. The summed E-state index contributed by atoms with van der Waals surface area (Å²) < 4.78 is 6.84. The molecule has 0 aliphatic carbocycles. The minimum absolute atomic E-state index is 0.103. The van der Waals surface area contributed by atoms with Crippen LogP contribution >= 0.6 is 0 Å². The molecule has 0 fully saturated rings. The molecular formula is C17H15N5O3. The number of hydrogen-bond donors (Lipinski definition) is 1. The van der Waals surface area contributed by atoms with Gasteiger partial charge in [-0.2, -0.15) is 0 Å². The topological polar surface area (TPSA) is 99.0 Å². The second-order valence-corrected chi connectivity index (χ2v) is 5.24. The molecule has 0 bridgehead atoms. The zero-order valence-electron chi connectivity index (χ0n) is 13.4. The average Bonchev–Trinajstić information content (AvgIpc) is 3.15. The first kappa shape index (κ1) is 16.3. The molecule has 0 saturated carbocycles. The van der Waals surface area contributed by atoms with Crippen LogP contribution in [-0.2, 0) is 11.3 Å². The van der Waals surface area contributed by atoms with Crippen molar-refractivity contribution >= 4 is 11.9 Å². The summed E-state index contributed by atoms with van der Waals surface area (Å²) in [6, 6.07) is 13.7. The summed E-state index contributed by atoms with van der Waals surface area (Å²) in [6.07, 6.45) is 1.48. The van der Waals surface area contributed by atoms with Crippen molar-refractivity contribution in [2.75, 3.05) is 0 Å². The van der Waals surface area contributed by atoms with Crippen molar-refractivity contribution in [3.8, 4) is 11.4 Å². The molecule has 0 spiro atoms. The van der Waals surface area contributed by atoms with E-state index < -0.39 is 5.97 Å². The highest BCUT2D eigenvalue weighted by atomic mass is 16.5. The maximum atomic E-state index is 12.2. The second kappa shape index (κ2) is 7.35. The number of amides is 1. The molecule has 0 aliphatic heterocycles. The molecule has 3 rings (SSSR count). The molecule has 3 aromatic rings. The van der Waals surface area contributed by atoms with E-state index in [2.05, 4.69) is 20.8 Å². The predicted octanol–water partition coefficient (Wildman–Crippen LogP) is 1.52. The molecule has 0 unspecified atom stereocenters. The van der Waals surface area contributed by atoms with Crippen molar-refractivity contribution in [3.63, 3.8) is 0 Å². The van der Waals surface area contributed by atoms with Gasteiger partial charge in [0, 0.05) is 13.5 Å². The number of carbonyl (C=O) groups is 2. The molecular weight excluding hydrogens is 322 g/mol. The lowest BCUT2D eigenvalue weighted by molar-refractivity contribution is -0.119. The van der Waals surface area contributed by atoms with Crippen LogP contribution in [0.2, 0.25) is 0 Å². The minimum Gasteiger partial charge on any atom is -0.423 e. The van der Waals surface area contributed by atoms with Crippen LogP contribution in [0.25, 0.3) is 5.69 Å². The second-order valence-electron chi connectivity index (χ2n) is 5.24. The van der Waals surface area contributed by atoms with Gasteiger partial charge >= 0.3 is 5.97 Å². The van der Waals surface area contributed by atoms with Gasteiger partial charge in [0.1, 0.15) is 12.1 Å². The summed E-state index contributed by atoms with van der Waals surface area (Å²) in [4.78, 5) is 23.1. The molecule has 1 aromatic heterocycles. The first-order chi connectivity index (χ1) is 12.1. The molecule has 2 aromatic carbocycles. The summed E-state index contributed by atoms with van der Waals surface area (Å²) in [6.45, 7) is 1.87. The molecule has 8 heteroatoms. The van der Waals surface area contributed by atoms with Crippen LogP contribution in [0.5, 0.6) is 5.75 Å². The highest BCUT2D eigenvalue weighted by Crippen LogP contribution is 2.16. The van der Waals surface area contributed by atoms with Gasteiger partial charge in [0.2, 0.25) is 5.91 Å². The number of benzene rings is 2. The predicted molar refractivity (Wildman–Crippen MR) is 88.1 cm³/mol. The molecule has 0 radical (unpaired) electrons. The number of nitrogens with zero attached hydrogens (tertiary/aromatic N) is 4. The van der Waals surface area contributed by atoms with E-state index in [0.717, 1.165) is 11.3 Å². The van der Waals surface area contributed by atoms with Crippen molar-refractivity contribution in [1.29, 1.82) is 0 Å². The third-order valence-corrected chi connectivity index (χ3v) is 3.39. The Morgan fingerprint density at radius 2 is 1.80 bits per heavy atom. The number of rotatable bonds is 5. The summed E-state index contributed by atoms with van der Waals surface area (Å²) >= 11 is 0. The Balaban J connectivity index is 1.62. The summed E-state index contributed by atoms with van der Waals surface area (Å²) in [5, 5.41) is 13.6. The highest BCUT2D eigenvalue weighted by molar-refractivity contribution is 5.91. The van der Waals surface area contributed by atoms with E-state index in [0.29, 0.717) is 17.9 Å². The van der Waals surface area contributed by atoms with Gasteiger partial charge in [-0.25, -0.2) is 9.48 Å². The van der Waals surface area contributed by atoms with Crippen LogP contribution in [0, 0.1) is 0 Å². The zero-order valence-corrected chi connectivity index (χ0v) is 13.4. The van der Waals surface area contributed by atoms with Gasteiger partial charge < -0.3 is 10.1 Å². The van der Waals surface area contributed by atoms with Crippen molar-refractivity contribution in [3.05, 3.63) is 66.0 Å². The van der Waals surface area contributed by atoms with Gasteiger partial charge in [0.05, 0.1) is 11.3 Å². The van der Waals surface area contributed by atoms with Crippen molar-refractivity contribution in [1.82, 2.24) is 25.5 Å². The van der Waals surface area contributed by atoms with Crippen LogP contribution in [-0.4, -0.2) is 32.1 Å². The smallest absolute Gasteiger partial charge is 0.343 e. The molecule has 0 atom stereocenters. The fourth-order valence-electron chi connectivity index (χ4n) is 2.10. The van der Waals surface area contributed by atoms with E-state index in [4.69, 9.17) is 4.74 Å². The van der Waals surface area contributed by atoms with E-state index in [1.165, 1.54) is 17.9 Å². The van der Waals surface area contributed by atoms with Crippen LogP contribution < -0.4 is 10.1 Å². The Bertz CT molecular complexity index is 858. The third-order valence-electron chi connectivity index (χ3n) is 3.39. The molecule has 0 aliphatic rings. The van der Waals surface area contributed by atoms with Crippen LogP contribution in [0.4, 0.5) is 0 Å². The van der Waals surface area contributed by atoms with Gasteiger partial charge in [0.25, 0.3) is 0 Å². The van der Waals surface area contributed by atoms with E-state index in [1.807, 2.05) is 0 Å². The first-order valence-electron chi connectivity index (χ1n) is 7.51. The van der Waals surface area contributed by atoms with Gasteiger partial charge in [0.15, 0.2) is 0 Å². The molecule has 8 nitrogen and oxygen atoms in total. The van der Waals surface area contributed by atoms with Crippen molar-refractivity contribution < 1.29 is 14.3 Å². The van der Waals surface area contributed by atoms with E-state index >= 15 is 0 Å².